The van der Waals surface area contributed by atoms with Crippen molar-refractivity contribution in [3.63, 3.8) is 0 Å². The van der Waals surface area contributed by atoms with Crippen LogP contribution in [0.2, 0.25) is 0 Å². The molecule has 0 saturated carbocycles. The van der Waals surface area contributed by atoms with Crippen molar-refractivity contribution in [1.29, 1.82) is 0 Å². The van der Waals surface area contributed by atoms with E-state index in [0.29, 0.717) is 5.41 Å². The van der Waals surface area contributed by atoms with Gasteiger partial charge >= 0.3 is 0 Å². The highest BCUT2D eigenvalue weighted by Crippen LogP contribution is 2.33. The molecule has 1 atom stereocenters. The molecule has 0 bridgehead atoms. The molecular formula is C10H21NO. The first-order chi connectivity index (χ1) is 5.76. The van der Waals surface area contributed by atoms with E-state index in [9.17, 15) is 0 Å². The van der Waals surface area contributed by atoms with E-state index in [2.05, 4.69) is 18.7 Å². The van der Waals surface area contributed by atoms with Gasteiger partial charge in [-0.1, -0.05) is 13.8 Å². The predicted octanol–water partition coefficient (Wildman–Crippen LogP) is 1.75. The summed E-state index contributed by atoms with van der Waals surface area (Å²) in [5, 5.41) is 0. The molecule has 1 aliphatic heterocycles. The highest BCUT2D eigenvalue weighted by atomic mass is 16.5. The van der Waals surface area contributed by atoms with Gasteiger partial charge in [0.05, 0.1) is 6.61 Å². The Kier molecular flexibility index (Phi) is 3.53. The second kappa shape index (κ2) is 4.24. The highest BCUT2D eigenvalue weighted by Gasteiger charge is 2.35. The third kappa shape index (κ3) is 1.99. The average molecular weight is 171 g/mol. The fraction of sp³-hybridized carbons (Fsp3) is 1.00. The van der Waals surface area contributed by atoms with Gasteiger partial charge in [0.25, 0.3) is 0 Å². The molecule has 1 rings (SSSR count). The van der Waals surface area contributed by atoms with E-state index in [0.717, 1.165) is 6.61 Å². The van der Waals surface area contributed by atoms with Crippen LogP contribution in [0.4, 0.5) is 0 Å². The average Bonchev–Trinajstić information content (AvgIpc) is 2.50. The zero-order chi connectivity index (χ0) is 9.03. The lowest BCUT2D eigenvalue weighted by Crippen LogP contribution is -2.30. The molecule has 0 aromatic heterocycles. The van der Waals surface area contributed by atoms with E-state index in [4.69, 9.17) is 4.74 Å². The maximum atomic E-state index is 5.29. The van der Waals surface area contributed by atoms with Crippen LogP contribution in [0.3, 0.4) is 0 Å². The summed E-state index contributed by atoms with van der Waals surface area (Å²) in [6.07, 6.45) is 2.56. The number of nitrogens with zero attached hydrogens (tertiary/aromatic N) is 1. The molecule has 0 spiro atoms. The van der Waals surface area contributed by atoms with E-state index >= 15 is 0 Å². The molecule has 12 heavy (non-hydrogen) atoms. The van der Waals surface area contributed by atoms with Crippen LogP contribution in [0.25, 0.3) is 0 Å². The minimum Gasteiger partial charge on any atom is -0.384 e. The van der Waals surface area contributed by atoms with Crippen molar-refractivity contribution in [3.8, 4) is 0 Å². The van der Waals surface area contributed by atoms with Crippen LogP contribution in [0, 0.1) is 5.41 Å². The Labute approximate surface area is 75.9 Å². The molecule has 0 radical (unpaired) electrons. The van der Waals surface area contributed by atoms with Crippen LogP contribution in [0.15, 0.2) is 0 Å². The van der Waals surface area contributed by atoms with Gasteiger partial charge in [-0.05, 0) is 25.9 Å². The Morgan fingerprint density at radius 2 is 2.17 bits per heavy atom. The van der Waals surface area contributed by atoms with Crippen LogP contribution in [0.5, 0.6) is 0 Å². The van der Waals surface area contributed by atoms with Gasteiger partial charge in [-0.15, -0.1) is 0 Å². The third-order valence-electron chi connectivity index (χ3n) is 3.17. The van der Waals surface area contributed by atoms with Crippen LogP contribution < -0.4 is 0 Å². The first-order valence-electron chi connectivity index (χ1n) is 4.97. The number of methoxy groups -OCH3 is 1. The summed E-state index contributed by atoms with van der Waals surface area (Å²) in [6, 6.07) is 0. The lowest BCUT2D eigenvalue weighted by atomic mass is 9.85. The quantitative estimate of drug-likeness (QED) is 0.639. The Bertz CT molecular complexity index is 138. The summed E-state index contributed by atoms with van der Waals surface area (Å²) in [5.41, 5.74) is 0.463. The maximum absolute atomic E-state index is 5.29. The van der Waals surface area contributed by atoms with Gasteiger partial charge < -0.3 is 9.64 Å². The minimum absolute atomic E-state index is 0.463. The second-order valence-corrected chi connectivity index (χ2v) is 3.91. The van der Waals surface area contributed by atoms with Gasteiger partial charge in [-0.2, -0.15) is 0 Å². The van der Waals surface area contributed by atoms with E-state index < -0.39 is 0 Å². The number of hydrogen-bond acceptors (Lipinski definition) is 2. The SMILES string of the molecule is CCN1CCC(CC)(COC)C1. The molecule has 0 aromatic rings. The molecule has 0 amide bonds. The van der Waals surface area contributed by atoms with Crippen molar-refractivity contribution in [3.05, 3.63) is 0 Å². The number of rotatable bonds is 4. The molecule has 1 saturated heterocycles. The molecule has 2 heteroatoms. The van der Waals surface area contributed by atoms with Crippen molar-refractivity contribution in [2.24, 2.45) is 5.41 Å². The Morgan fingerprint density at radius 1 is 1.42 bits per heavy atom. The van der Waals surface area contributed by atoms with Gasteiger partial charge in [0, 0.05) is 19.1 Å². The molecule has 0 N–H and O–H groups in total. The second-order valence-electron chi connectivity index (χ2n) is 3.91. The number of hydrogen-bond donors (Lipinski definition) is 0. The monoisotopic (exact) mass is 171 g/mol. The zero-order valence-corrected chi connectivity index (χ0v) is 8.60. The van der Waals surface area contributed by atoms with E-state index in [-0.39, 0.29) is 0 Å². The molecule has 0 aromatic carbocycles. The third-order valence-corrected chi connectivity index (χ3v) is 3.17. The summed E-state index contributed by atoms with van der Waals surface area (Å²) in [6.45, 7) is 9.11. The van der Waals surface area contributed by atoms with Crippen molar-refractivity contribution in [2.45, 2.75) is 26.7 Å². The molecule has 72 valence electrons. The largest absolute Gasteiger partial charge is 0.384 e. The first-order valence-corrected chi connectivity index (χ1v) is 4.97. The highest BCUT2D eigenvalue weighted by molar-refractivity contribution is 4.88. The van der Waals surface area contributed by atoms with E-state index in [1.165, 1.54) is 32.5 Å². The lowest BCUT2D eigenvalue weighted by Gasteiger charge is -2.26. The first kappa shape index (κ1) is 10.0. The van der Waals surface area contributed by atoms with Gasteiger partial charge in [0.2, 0.25) is 0 Å². The molecule has 1 aliphatic rings. The van der Waals surface area contributed by atoms with Crippen molar-refractivity contribution < 1.29 is 4.74 Å². The van der Waals surface area contributed by atoms with E-state index in [1.807, 2.05) is 7.11 Å². The summed E-state index contributed by atoms with van der Waals surface area (Å²) in [4.78, 5) is 2.52. The minimum atomic E-state index is 0.463. The van der Waals surface area contributed by atoms with Gasteiger partial charge in [0.15, 0.2) is 0 Å². The summed E-state index contributed by atoms with van der Waals surface area (Å²) in [7, 11) is 1.81. The molecule has 0 aliphatic carbocycles. The Balaban J connectivity index is 2.47. The van der Waals surface area contributed by atoms with Crippen LogP contribution in [0.1, 0.15) is 26.7 Å². The standard InChI is InChI=1S/C10H21NO/c1-4-10(9-12-3)6-7-11(5-2)8-10/h4-9H2,1-3H3. The number of likely N-dealkylation sites (tertiary alicyclic amines) is 1. The molecule has 2 nitrogen and oxygen atoms in total. The van der Waals surface area contributed by atoms with E-state index in [1.54, 1.807) is 0 Å². The Hall–Kier alpha value is -0.0800. The van der Waals surface area contributed by atoms with Crippen LogP contribution in [-0.2, 0) is 4.74 Å². The molecule has 1 unspecified atom stereocenters. The summed E-state index contributed by atoms with van der Waals surface area (Å²) in [5.74, 6) is 0. The maximum Gasteiger partial charge on any atom is 0.0531 e. The molecular weight excluding hydrogens is 150 g/mol. The van der Waals surface area contributed by atoms with Gasteiger partial charge in [-0.25, -0.2) is 0 Å². The van der Waals surface area contributed by atoms with Crippen molar-refractivity contribution in [2.75, 3.05) is 33.4 Å². The predicted molar refractivity (Wildman–Crippen MR) is 51.3 cm³/mol. The summed E-state index contributed by atoms with van der Waals surface area (Å²) >= 11 is 0. The smallest absolute Gasteiger partial charge is 0.0531 e. The van der Waals surface area contributed by atoms with Gasteiger partial charge in [-0.3, -0.25) is 0 Å². The van der Waals surface area contributed by atoms with Crippen molar-refractivity contribution in [1.82, 2.24) is 4.90 Å². The topological polar surface area (TPSA) is 12.5 Å². The molecule has 1 heterocycles. The fourth-order valence-corrected chi connectivity index (χ4v) is 2.11. The van der Waals surface area contributed by atoms with Gasteiger partial charge in [0.1, 0.15) is 0 Å². The molecule has 1 fully saturated rings. The zero-order valence-electron chi connectivity index (χ0n) is 8.60. The number of ether oxygens (including phenoxy) is 1. The normalized spacial score (nSPS) is 31.2. The Morgan fingerprint density at radius 3 is 2.58 bits per heavy atom. The fourth-order valence-electron chi connectivity index (χ4n) is 2.11. The summed E-state index contributed by atoms with van der Waals surface area (Å²) < 4.78 is 5.29. The van der Waals surface area contributed by atoms with Crippen LogP contribution in [-0.4, -0.2) is 38.3 Å². The van der Waals surface area contributed by atoms with Crippen LogP contribution >= 0.6 is 0 Å². The van der Waals surface area contributed by atoms with Crippen molar-refractivity contribution >= 4 is 0 Å². The lowest BCUT2D eigenvalue weighted by molar-refractivity contribution is 0.0810.